The molecule has 0 radical (unpaired) electrons. The first kappa shape index (κ1) is 15.9. The average Bonchev–Trinajstić information content (AvgIpc) is 2.94. The van der Waals surface area contributed by atoms with Crippen molar-refractivity contribution in [1.82, 2.24) is 19.5 Å². The van der Waals surface area contributed by atoms with Crippen LogP contribution in [0.4, 0.5) is 5.82 Å². The fraction of sp³-hybridized carbons (Fsp3) is 0.278. The molecule has 1 aromatic carbocycles. The number of ether oxygens (including phenoxy) is 1. The van der Waals surface area contributed by atoms with E-state index in [1.807, 2.05) is 35.9 Å². The maximum absolute atomic E-state index is 6.30. The van der Waals surface area contributed by atoms with Crippen LogP contribution in [0.1, 0.15) is 30.3 Å². The molecule has 0 saturated heterocycles. The number of nitrogens with one attached hydrogen (secondary N) is 1. The average molecular weight is 356 g/mol. The van der Waals surface area contributed by atoms with Crippen molar-refractivity contribution in [2.75, 3.05) is 11.9 Å². The smallest absolute Gasteiger partial charge is 0.159 e. The molecule has 0 spiro atoms. The van der Waals surface area contributed by atoms with Crippen LogP contribution in [0, 0.1) is 6.92 Å². The third kappa shape index (κ3) is 3.17. The molecule has 0 fully saturated rings. The molecule has 7 heteroatoms. The summed E-state index contributed by atoms with van der Waals surface area (Å²) in [7, 11) is 0. The van der Waals surface area contributed by atoms with Gasteiger partial charge in [0.1, 0.15) is 17.4 Å². The Balaban J connectivity index is 1.65. The number of halogens is 1. The summed E-state index contributed by atoms with van der Waals surface area (Å²) in [6.07, 6.45) is 8.95. The Morgan fingerprint density at radius 2 is 2.24 bits per heavy atom. The van der Waals surface area contributed by atoms with Gasteiger partial charge in [0.05, 0.1) is 30.1 Å². The molecule has 1 unspecified atom stereocenters. The first-order valence-electron chi connectivity index (χ1n) is 8.22. The predicted octanol–water partition coefficient (Wildman–Crippen LogP) is 3.95. The van der Waals surface area contributed by atoms with Crippen LogP contribution in [0.5, 0.6) is 5.75 Å². The van der Waals surface area contributed by atoms with Crippen molar-refractivity contribution in [3.8, 4) is 11.6 Å². The Morgan fingerprint density at radius 3 is 3.08 bits per heavy atom. The van der Waals surface area contributed by atoms with Crippen LogP contribution in [0.3, 0.4) is 0 Å². The van der Waals surface area contributed by atoms with Crippen molar-refractivity contribution in [2.24, 2.45) is 0 Å². The SMILES string of the molecule is Cc1nccn1-c1cncc(NC2CCCOc3c(Cl)cccc32)n1. The number of benzene rings is 1. The van der Waals surface area contributed by atoms with E-state index in [1.165, 1.54) is 0 Å². The number of hydrogen-bond acceptors (Lipinski definition) is 5. The summed E-state index contributed by atoms with van der Waals surface area (Å²) < 4.78 is 7.73. The number of aryl methyl sites for hydroxylation is 1. The second kappa shape index (κ2) is 6.72. The van der Waals surface area contributed by atoms with Gasteiger partial charge in [-0.2, -0.15) is 0 Å². The van der Waals surface area contributed by atoms with Crippen molar-refractivity contribution >= 4 is 17.4 Å². The van der Waals surface area contributed by atoms with Gasteiger partial charge in [0.2, 0.25) is 0 Å². The van der Waals surface area contributed by atoms with E-state index in [2.05, 4.69) is 20.3 Å². The minimum atomic E-state index is 0.0737. The lowest BCUT2D eigenvalue weighted by atomic mass is 10.0. The minimum Gasteiger partial charge on any atom is -0.492 e. The number of rotatable bonds is 3. The molecule has 1 aliphatic rings. The van der Waals surface area contributed by atoms with E-state index in [0.29, 0.717) is 17.4 Å². The zero-order chi connectivity index (χ0) is 17.2. The molecule has 0 bridgehead atoms. The molecule has 128 valence electrons. The lowest BCUT2D eigenvalue weighted by molar-refractivity contribution is 0.316. The molecule has 0 saturated carbocycles. The summed E-state index contributed by atoms with van der Waals surface area (Å²) in [5, 5.41) is 4.12. The summed E-state index contributed by atoms with van der Waals surface area (Å²) in [5.41, 5.74) is 1.05. The van der Waals surface area contributed by atoms with Crippen LogP contribution in [0.25, 0.3) is 5.82 Å². The Kier molecular flexibility index (Phi) is 4.28. The minimum absolute atomic E-state index is 0.0737. The van der Waals surface area contributed by atoms with Crippen LogP contribution in [0.2, 0.25) is 5.02 Å². The van der Waals surface area contributed by atoms with E-state index in [0.717, 1.165) is 35.8 Å². The van der Waals surface area contributed by atoms with Crippen LogP contribution >= 0.6 is 11.6 Å². The number of hydrogen-bond donors (Lipinski definition) is 1. The van der Waals surface area contributed by atoms with Crippen LogP contribution in [0.15, 0.2) is 43.0 Å². The number of fused-ring (bicyclic) bond motifs is 1. The zero-order valence-electron chi connectivity index (χ0n) is 13.8. The van der Waals surface area contributed by atoms with Gasteiger partial charge in [0.25, 0.3) is 0 Å². The monoisotopic (exact) mass is 355 g/mol. The normalized spacial score (nSPS) is 16.6. The fourth-order valence-electron chi connectivity index (χ4n) is 3.06. The molecule has 6 nitrogen and oxygen atoms in total. The highest BCUT2D eigenvalue weighted by Crippen LogP contribution is 2.38. The van der Waals surface area contributed by atoms with E-state index in [9.17, 15) is 0 Å². The molecule has 4 rings (SSSR count). The van der Waals surface area contributed by atoms with Gasteiger partial charge in [-0.1, -0.05) is 23.7 Å². The van der Waals surface area contributed by atoms with Gasteiger partial charge in [-0.15, -0.1) is 0 Å². The van der Waals surface area contributed by atoms with Crippen LogP contribution in [-0.2, 0) is 0 Å². The van der Waals surface area contributed by atoms with E-state index >= 15 is 0 Å². The molecule has 1 N–H and O–H groups in total. The Labute approximate surface area is 150 Å². The fourth-order valence-corrected chi connectivity index (χ4v) is 3.30. The van der Waals surface area contributed by atoms with Gasteiger partial charge in [-0.05, 0) is 25.8 Å². The molecule has 0 aliphatic carbocycles. The predicted molar refractivity (Wildman–Crippen MR) is 96.4 cm³/mol. The molecule has 25 heavy (non-hydrogen) atoms. The lowest BCUT2D eigenvalue weighted by Crippen LogP contribution is -2.12. The Bertz CT molecular complexity index is 895. The summed E-state index contributed by atoms with van der Waals surface area (Å²) in [4.78, 5) is 13.2. The number of para-hydroxylation sites is 1. The van der Waals surface area contributed by atoms with Crippen molar-refractivity contribution < 1.29 is 4.74 Å². The molecule has 3 aromatic rings. The quantitative estimate of drug-likeness (QED) is 0.770. The standard InChI is InChI=1S/C18H18ClN5O/c1-12-21-7-8-24(12)17-11-20-10-16(23-17)22-15-6-3-9-25-18-13(15)4-2-5-14(18)19/h2,4-5,7-8,10-11,15H,3,6,9H2,1H3,(H,22,23). The summed E-state index contributed by atoms with van der Waals surface area (Å²) >= 11 is 6.30. The molecular weight excluding hydrogens is 338 g/mol. The van der Waals surface area contributed by atoms with E-state index in [4.69, 9.17) is 16.3 Å². The molecule has 2 aromatic heterocycles. The molecular formula is C18H18ClN5O. The van der Waals surface area contributed by atoms with Crippen molar-refractivity contribution in [2.45, 2.75) is 25.8 Å². The first-order chi connectivity index (χ1) is 12.2. The van der Waals surface area contributed by atoms with Gasteiger partial charge >= 0.3 is 0 Å². The van der Waals surface area contributed by atoms with Gasteiger partial charge in [0.15, 0.2) is 5.82 Å². The van der Waals surface area contributed by atoms with Gasteiger partial charge in [-0.3, -0.25) is 9.55 Å². The summed E-state index contributed by atoms with van der Waals surface area (Å²) in [6, 6.07) is 5.91. The van der Waals surface area contributed by atoms with Gasteiger partial charge in [0, 0.05) is 18.0 Å². The van der Waals surface area contributed by atoms with Crippen molar-refractivity contribution in [3.63, 3.8) is 0 Å². The number of aromatic nitrogens is 4. The molecule has 1 aliphatic heterocycles. The largest absolute Gasteiger partial charge is 0.492 e. The lowest BCUT2D eigenvalue weighted by Gasteiger charge is -2.19. The maximum Gasteiger partial charge on any atom is 0.159 e. The maximum atomic E-state index is 6.30. The molecule has 1 atom stereocenters. The number of imidazole rings is 1. The highest BCUT2D eigenvalue weighted by atomic mass is 35.5. The molecule has 0 amide bonds. The summed E-state index contributed by atoms with van der Waals surface area (Å²) in [6.45, 7) is 2.59. The van der Waals surface area contributed by atoms with Crippen LogP contribution in [-0.4, -0.2) is 26.1 Å². The van der Waals surface area contributed by atoms with Gasteiger partial charge < -0.3 is 10.1 Å². The highest BCUT2D eigenvalue weighted by Gasteiger charge is 2.22. The van der Waals surface area contributed by atoms with Gasteiger partial charge in [-0.25, -0.2) is 9.97 Å². The second-order valence-corrected chi connectivity index (χ2v) is 6.36. The number of anilines is 1. The first-order valence-corrected chi connectivity index (χ1v) is 8.60. The van der Waals surface area contributed by atoms with Crippen molar-refractivity contribution in [1.29, 1.82) is 0 Å². The third-order valence-electron chi connectivity index (χ3n) is 4.27. The number of nitrogens with zero attached hydrogens (tertiary/aromatic N) is 4. The zero-order valence-corrected chi connectivity index (χ0v) is 14.6. The highest BCUT2D eigenvalue weighted by molar-refractivity contribution is 6.32. The molecule has 3 heterocycles. The topological polar surface area (TPSA) is 64.9 Å². The van der Waals surface area contributed by atoms with E-state index < -0.39 is 0 Å². The summed E-state index contributed by atoms with van der Waals surface area (Å²) in [5.74, 6) is 3.07. The Morgan fingerprint density at radius 1 is 1.32 bits per heavy atom. The Hall–Kier alpha value is -2.60. The van der Waals surface area contributed by atoms with E-state index in [1.54, 1.807) is 18.6 Å². The second-order valence-electron chi connectivity index (χ2n) is 5.95. The van der Waals surface area contributed by atoms with Crippen LogP contribution < -0.4 is 10.1 Å². The van der Waals surface area contributed by atoms with Crippen molar-refractivity contribution in [3.05, 3.63) is 59.4 Å². The van der Waals surface area contributed by atoms with E-state index in [-0.39, 0.29) is 6.04 Å². The third-order valence-corrected chi connectivity index (χ3v) is 4.57.